The third-order valence-electron chi connectivity index (χ3n) is 5.68. The van der Waals surface area contributed by atoms with Crippen LogP contribution in [0.3, 0.4) is 0 Å². The van der Waals surface area contributed by atoms with E-state index >= 15 is 0 Å². The average Bonchev–Trinajstić information content (AvgIpc) is 3.41. The lowest BCUT2D eigenvalue weighted by Gasteiger charge is -2.34. The summed E-state index contributed by atoms with van der Waals surface area (Å²) in [6.45, 7) is 1.67. The van der Waals surface area contributed by atoms with Crippen molar-refractivity contribution < 1.29 is 4.79 Å². The van der Waals surface area contributed by atoms with E-state index in [1.807, 2.05) is 0 Å². The molecule has 2 fully saturated rings. The molecule has 0 radical (unpaired) electrons. The molecule has 5 nitrogen and oxygen atoms in total. The number of aromatic nitrogens is 2. The first kappa shape index (κ1) is 17.5. The topological polar surface area (TPSA) is 58.1 Å². The summed E-state index contributed by atoms with van der Waals surface area (Å²) in [5, 5.41) is 5.52. The maximum atomic E-state index is 13.1. The molecule has 0 spiro atoms. The second kappa shape index (κ2) is 8.16. The van der Waals surface area contributed by atoms with Gasteiger partial charge in [-0.1, -0.05) is 18.9 Å². The monoisotopic (exact) mass is 370 g/mol. The van der Waals surface area contributed by atoms with Crippen LogP contribution in [-0.4, -0.2) is 29.0 Å². The molecule has 2 aromatic rings. The van der Waals surface area contributed by atoms with Gasteiger partial charge in [-0.3, -0.25) is 9.78 Å². The fourth-order valence-corrected chi connectivity index (χ4v) is 5.17. The van der Waals surface area contributed by atoms with Crippen molar-refractivity contribution in [2.75, 3.05) is 18.0 Å². The van der Waals surface area contributed by atoms with Crippen molar-refractivity contribution in [1.29, 1.82) is 0 Å². The van der Waals surface area contributed by atoms with Crippen molar-refractivity contribution in [3.8, 4) is 0 Å². The van der Waals surface area contributed by atoms with Gasteiger partial charge in [-0.15, -0.1) is 11.3 Å². The Labute approximate surface area is 158 Å². The molecule has 3 heterocycles. The maximum absolute atomic E-state index is 13.1. The average molecular weight is 371 g/mol. The molecule has 0 bridgehead atoms. The summed E-state index contributed by atoms with van der Waals surface area (Å²) in [7, 11) is 0. The highest BCUT2D eigenvalue weighted by molar-refractivity contribution is 7.10. The standard InChI is InChI=1S/C20H26N4OS/c25-20(16-7-3-11-24(14-16)18-13-21-9-10-22-18)23-19(15-5-1-2-6-15)17-8-4-12-26-17/h4,8-10,12-13,15-16,19H,1-3,5-7,11,14H2,(H,23,25)/t16-,19+/m0/s1. The number of amides is 1. The van der Waals surface area contributed by atoms with E-state index in [1.165, 1.54) is 30.6 Å². The van der Waals surface area contributed by atoms with Crippen LogP contribution in [0.5, 0.6) is 0 Å². The highest BCUT2D eigenvalue weighted by atomic mass is 32.1. The van der Waals surface area contributed by atoms with Crippen molar-refractivity contribution in [2.24, 2.45) is 11.8 Å². The molecule has 1 aliphatic carbocycles. The maximum Gasteiger partial charge on any atom is 0.225 e. The quantitative estimate of drug-likeness (QED) is 0.870. The Balaban J connectivity index is 1.44. The van der Waals surface area contributed by atoms with Crippen LogP contribution in [0.15, 0.2) is 36.1 Å². The van der Waals surface area contributed by atoms with Crippen molar-refractivity contribution in [1.82, 2.24) is 15.3 Å². The lowest BCUT2D eigenvalue weighted by molar-refractivity contribution is -0.126. The number of anilines is 1. The highest BCUT2D eigenvalue weighted by Gasteiger charge is 2.32. The first-order chi connectivity index (χ1) is 12.8. The van der Waals surface area contributed by atoms with Crippen molar-refractivity contribution in [2.45, 2.75) is 44.6 Å². The number of rotatable bonds is 5. The zero-order valence-electron chi connectivity index (χ0n) is 15.0. The second-order valence-electron chi connectivity index (χ2n) is 7.39. The van der Waals surface area contributed by atoms with Gasteiger partial charge in [0, 0.05) is 30.4 Å². The molecular weight excluding hydrogens is 344 g/mol. The molecule has 138 valence electrons. The number of carbonyl (C=O) groups excluding carboxylic acids is 1. The largest absolute Gasteiger partial charge is 0.355 e. The van der Waals surface area contributed by atoms with E-state index < -0.39 is 0 Å². The lowest BCUT2D eigenvalue weighted by atomic mass is 9.93. The Morgan fingerprint density at radius 2 is 2.12 bits per heavy atom. The summed E-state index contributed by atoms with van der Waals surface area (Å²) in [6, 6.07) is 4.43. The van der Waals surface area contributed by atoms with Crippen LogP contribution in [-0.2, 0) is 4.79 Å². The van der Waals surface area contributed by atoms with E-state index in [1.54, 1.807) is 29.9 Å². The molecule has 0 unspecified atom stereocenters. The molecule has 1 saturated carbocycles. The zero-order chi connectivity index (χ0) is 17.8. The Morgan fingerprint density at radius 3 is 2.85 bits per heavy atom. The van der Waals surface area contributed by atoms with Gasteiger partial charge < -0.3 is 10.2 Å². The molecule has 2 aromatic heterocycles. The molecule has 2 atom stereocenters. The van der Waals surface area contributed by atoms with Gasteiger partial charge in [0.05, 0.1) is 18.2 Å². The Kier molecular flexibility index (Phi) is 5.48. The van der Waals surface area contributed by atoms with Crippen LogP contribution < -0.4 is 10.2 Å². The smallest absolute Gasteiger partial charge is 0.225 e. The first-order valence-electron chi connectivity index (χ1n) is 9.66. The molecule has 4 rings (SSSR count). The van der Waals surface area contributed by atoms with Gasteiger partial charge in [0.15, 0.2) is 0 Å². The molecule has 1 aliphatic heterocycles. The summed E-state index contributed by atoms with van der Waals surface area (Å²) in [5.74, 6) is 1.67. The number of nitrogens with one attached hydrogen (secondary N) is 1. The van der Waals surface area contributed by atoms with Crippen molar-refractivity contribution >= 4 is 23.1 Å². The summed E-state index contributed by atoms with van der Waals surface area (Å²) in [6.07, 6.45) is 12.2. The van der Waals surface area contributed by atoms with E-state index in [2.05, 4.69) is 37.7 Å². The Bertz CT molecular complexity index is 700. The van der Waals surface area contributed by atoms with Gasteiger partial charge in [-0.2, -0.15) is 0 Å². The fourth-order valence-electron chi connectivity index (χ4n) is 4.31. The van der Waals surface area contributed by atoms with Gasteiger partial charge >= 0.3 is 0 Å². The summed E-state index contributed by atoms with van der Waals surface area (Å²) < 4.78 is 0. The molecule has 1 N–H and O–H groups in total. The number of hydrogen-bond donors (Lipinski definition) is 1. The minimum absolute atomic E-state index is 0.0228. The van der Waals surface area contributed by atoms with Gasteiger partial charge in [0.1, 0.15) is 5.82 Å². The minimum Gasteiger partial charge on any atom is -0.355 e. The van der Waals surface area contributed by atoms with Crippen molar-refractivity contribution in [3.63, 3.8) is 0 Å². The molecule has 2 aliphatic rings. The lowest BCUT2D eigenvalue weighted by Crippen LogP contribution is -2.45. The molecule has 6 heteroatoms. The van der Waals surface area contributed by atoms with Gasteiger partial charge in [0.2, 0.25) is 5.91 Å². The third-order valence-corrected chi connectivity index (χ3v) is 6.64. The molecular formula is C20H26N4OS. The normalized spacial score (nSPS) is 22.3. The first-order valence-corrected chi connectivity index (χ1v) is 10.5. The van der Waals surface area contributed by atoms with E-state index in [9.17, 15) is 4.79 Å². The summed E-state index contributed by atoms with van der Waals surface area (Å²) >= 11 is 1.76. The predicted octanol–water partition coefficient (Wildman–Crippen LogP) is 3.80. The number of hydrogen-bond acceptors (Lipinski definition) is 5. The van der Waals surface area contributed by atoms with E-state index in [0.29, 0.717) is 5.92 Å². The molecule has 1 amide bonds. The fraction of sp³-hybridized carbons (Fsp3) is 0.550. The summed E-state index contributed by atoms with van der Waals surface area (Å²) in [5.41, 5.74) is 0. The Morgan fingerprint density at radius 1 is 1.23 bits per heavy atom. The van der Waals surface area contributed by atoms with E-state index in [0.717, 1.165) is 31.7 Å². The van der Waals surface area contributed by atoms with E-state index in [4.69, 9.17) is 0 Å². The van der Waals surface area contributed by atoms with Crippen molar-refractivity contribution in [3.05, 3.63) is 41.0 Å². The van der Waals surface area contributed by atoms with Crippen LogP contribution in [0.2, 0.25) is 0 Å². The van der Waals surface area contributed by atoms with Crippen LogP contribution in [0.4, 0.5) is 5.82 Å². The SMILES string of the molecule is O=C(N[C@@H](c1cccs1)C1CCCC1)[C@H]1CCCN(c2cnccn2)C1. The van der Waals surface area contributed by atoms with Gasteiger partial charge in [-0.05, 0) is 43.0 Å². The zero-order valence-corrected chi connectivity index (χ0v) is 15.8. The highest BCUT2D eigenvalue weighted by Crippen LogP contribution is 2.37. The van der Waals surface area contributed by atoms with Gasteiger partial charge in [0.25, 0.3) is 0 Å². The number of nitrogens with zero attached hydrogens (tertiary/aromatic N) is 3. The predicted molar refractivity (Wildman–Crippen MR) is 104 cm³/mol. The minimum atomic E-state index is 0.0228. The van der Waals surface area contributed by atoms with Crippen LogP contribution in [0.1, 0.15) is 49.4 Å². The van der Waals surface area contributed by atoms with Crippen LogP contribution in [0, 0.1) is 11.8 Å². The van der Waals surface area contributed by atoms with Crippen LogP contribution in [0.25, 0.3) is 0 Å². The van der Waals surface area contributed by atoms with Gasteiger partial charge in [-0.25, -0.2) is 4.98 Å². The molecule has 26 heavy (non-hydrogen) atoms. The number of carbonyl (C=O) groups is 1. The van der Waals surface area contributed by atoms with Crippen LogP contribution >= 0.6 is 11.3 Å². The number of piperidine rings is 1. The molecule has 0 aromatic carbocycles. The number of thiophene rings is 1. The Hall–Kier alpha value is -1.95. The summed E-state index contributed by atoms with van der Waals surface area (Å²) in [4.78, 5) is 25.1. The molecule has 1 saturated heterocycles. The second-order valence-corrected chi connectivity index (χ2v) is 8.37. The third kappa shape index (κ3) is 3.90. The van der Waals surface area contributed by atoms with E-state index in [-0.39, 0.29) is 17.9 Å².